The van der Waals surface area contributed by atoms with Crippen LogP contribution >= 0.6 is 11.6 Å². The highest BCUT2D eigenvalue weighted by atomic mass is 35.5. The second kappa shape index (κ2) is 7.00. The summed E-state index contributed by atoms with van der Waals surface area (Å²) in [6, 6.07) is 8.20. The first-order valence-corrected chi connectivity index (χ1v) is 6.66. The van der Waals surface area contributed by atoms with Crippen LogP contribution in [-0.4, -0.2) is 24.5 Å². The maximum atomic E-state index is 6.25. The number of halogens is 1. The van der Waals surface area contributed by atoms with Gasteiger partial charge >= 0.3 is 0 Å². The van der Waals surface area contributed by atoms with Crippen LogP contribution < -0.4 is 5.73 Å². The van der Waals surface area contributed by atoms with E-state index in [-0.39, 0.29) is 6.04 Å². The van der Waals surface area contributed by atoms with Gasteiger partial charge in [-0.25, -0.2) is 0 Å². The van der Waals surface area contributed by atoms with Crippen LogP contribution in [0.3, 0.4) is 0 Å². The van der Waals surface area contributed by atoms with Crippen molar-refractivity contribution in [1.29, 1.82) is 0 Å². The molecule has 0 saturated carbocycles. The van der Waals surface area contributed by atoms with Crippen LogP contribution in [0.5, 0.6) is 0 Å². The van der Waals surface area contributed by atoms with Crippen LogP contribution in [-0.2, 0) is 0 Å². The lowest BCUT2D eigenvalue weighted by Gasteiger charge is -2.32. The molecule has 0 amide bonds. The van der Waals surface area contributed by atoms with E-state index in [1.807, 2.05) is 18.2 Å². The number of rotatable bonds is 6. The van der Waals surface area contributed by atoms with Crippen LogP contribution in [0.1, 0.15) is 32.4 Å². The van der Waals surface area contributed by atoms with E-state index >= 15 is 0 Å². The SMILES string of the molecule is CCN(CC(C)C)C(CN)c1ccccc1Cl. The Morgan fingerprint density at radius 1 is 1.29 bits per heavy atom. The van der Waals surface area contributed by atoms with Gasteiger partial charge in [-0.05, 0) is 24.1 Å². The van der Waals surface area contributed by atoms with Crippen molar-refractivity contribution in [2.75, 3.05) is 19.6 Å². The molecule has 3 heteroatoms. The summed E-state index contributed by atoms with van der Waals surface area (Å²) in [4.78, 5) is 2.39. The molecule has 0 radical (unpaired) electrons. The molecule has 0 spiro atoms. The smallest absolute Gasteiger partial charge is 0.0485 e. The van der Waals surface area contributed by atoms with Crippen molar-refractivity contribution in [3.63, 3.8) is 0 Å². The third-order valence-corrected chi connectivity index (χ3v) is 3.28. The zero-order chi connectivity index (χ0) is 12.8. The Balaban J connectivity index is 2.93. The summed E-state index contributed by atoms with van der Waals surface area (Å²) in [7, 11) is 0. The molecule has 1 aromatic carbocycles. The molecule has 0 aliphatic heterocycles. The fourth-order valence-electron chi connectivity index (χ4n) is 2.16. The maximum Gasteiger partial charge on any atom is 0.0485 e. The van der Waals surface area contributed by atoms with Gasteiger partial charge in [-0.2, -0.15) is 0 Å². The first kappa shape index (κ1) is 14.5. The van der Waals surface area contributed by atoms with Crippen molar-refractivity contribution in [3.05, 3.63) is 34.9 Å². The summed E-state index contributed by atoms with van der Waals surface area (Å²) in [6.45, 7) is 9.26. The van der Waals surface area contributed by atoms with Gasteiger partial charge < -0.3 is 5.73 Å². The van der Waals surface area contributed by atoms with E-state index in [1.165, 1.54) is 0 Å². The second-order valence-corrected chi connectivity index (χ2v) is 5.16. The molecule has 1 unspecified atom stereocenters. The Hall–Kier alpha value is -0.570. The predicted octanol–water partition coefficient (Wildman–Crippen LogP) is 3.32. The minimum Gasteiger partial charge on any atom is -0.329 e. The average molecular weight is 255 g/mol. The zero-order valence-electron chi connectivity index (χ0n) is 11.0. The Bertz CT molecular complexity index is 339. The molecule has 0 bridgehead atoms. The maximum absolute atomic E-state index is 6.25. The molecular weight excluding hydrogens is 232 g/mol. The highest BCUT2D eigenvalue weighted by Crippen LogP contribution is 2.27. The third-order valence-electron chi connectivity index (χ3n) is 2.93. The molecule has 96 valence electrons. The third kappa shape index (κ3) is 3.98. The van der Waals surface area contributed by atoms with Gasteiger partial charge in [-0.1, -0.05) is 50.6 Å². The number of likely N-dealkylation sites (N-methyl/N-ethyl adjacent to an activating group) is 1. The van der Waals surface area contributed by atoms with Crippen molar-refractivity contribution >= 4 is 11.6 Å². The van der Waals surface area contributed by atoms with Crippen LogP contribution in [0.15, 0.2) is 24.3 Å². The van der Waals surface area contributed by atoms with Crippen molar-refractivity contribution in [2.45, 2.75) is 26.8 Å². The molecule has 1 atom stereocenters. The van der Waals surface area contributed by atoms with Gasteiger partial charge in [0.25, 0.3) is 0 Å². The molecule has 0 aromatic heterocycles. The van der Waals surface area contributed by atoms with Crippen molar-refractivity contribution in [2.24, 2.45) is 11.7 Å². The molecule has 0 heterocycles. The van der Waals surface area contributed by atoms with Gasteiger partial charge in [-0.15, -0.1) is 0 Å². The molecule has 0 aliphatic carbocycles. The first-order chi connectivity index (χ1) is 8.10. The van der Waals surface area contributed by atoms with Crippen LogP contribution in [0.4, 0.5) is 0 Å². The monoisotopic (exact) mass is 254 g/mol. The largest absolute Gasteiger partial charge is 0.329 e. The summed E-state index contributed by atoms with van der Waals surface area (Å²) in [5, 5.41) is 0.810. The first-order valence-electron chi connectivity index (χ1n) is 6.28. The second-order valence-electron chi connectivity index (χ2n) is 4.75. The molecular formula is C14H23ClN2. The highest BCUT2D eigenvalue weighted by molar-refractivity contribution is 6.31. The number of nitrogens with zero attached hydrogens (tertiary/aromatic N) is 1. The molecule has 1 aromatic rings. The van der Waals surface area contributed by atoms with E-state index in [4.69, 9.17) is 17.3 Å². The zero-order valence-corrected chi connectivity index (χ0v) is 11.7. The Labute approximate surface area is 110 Å². The van der Waals surface area contributed by atoms with E-state index in [0.717, 1.165) is 23.7 Å². The van der Waals surface area contributed by atoms with Gasteiger partial charge in [-0.3, -0.25) is 4.90 Å². The van der Waals surface area contributed by atoms with E-state index in [9.17, 15) is 0 Å². The lowest BCUT2D eigenvalue weighted by Crippen LogP contribution is -2.36. The Morgan fingerprint density at radius 3 is 2.41 bits per heavy atom. The van der Waals surface area contributed by atoms with Gasteiger partial charge in [0.15, 0.2) is 0 Å². The van der Waals surface area contributed by atoms with Crippen molar-refractivity contribution in [1.82, 2.24) is 4.90 Å². The lowest BCUT2D eigenvalue weighted by atomic mass is 10.0. The minimum atomic E-state index is 0.219. The summed E-state index contributed by atoms with van der Waals surface area (Å²) in [5.41, 5.74) is 7.06. The van der Waals surface area contributed by atoms with E-state index in [1.54, 1.807) is 0 Å². The highest BCUT2D eigenvalue weighted by Gasteiger charge is 2.20. The fourth-order valence-corrected chi connectivity index (χ4v) is 2.43. The summed E-state index contributed by atoms with van der Waals surface area (Å²) < 4.78 is 0. The van der Waals surface area contributed by atoms with Crippen molar-refractivity contribution in [3.8, 4) is 0 Å². The molecule has 1 rings (SSSR count). The van der Waals surface area contributed by atoms with Gasteiger partial charge in [0.05, 0.1) is 0 Å². The lowest BCUT2D eigenvalue weighted by molar-refractivity contribution is 0.189. The average Bonchev–Trinajstić information content (AvgIpc) is 2.30. The molecule has 0 fully saturated rings. The fraction of sp³-hybridized carbons (Fsp3) is 0.571. The van der Waals surface area contributed by atoms with E-state index < -0.39 is 0 Å². The number of hydrogen-bond acceptors (Lipinski definition) is 2. The predicted molar refractivity (Wildman–Crippen MR) is 75.3 cm³/mol. The van der Waals surface area contributed by atoms with Crippen molar-refractivity contribution < 1.29 is 0 Å². The van der Waals surface area contributed by atoms with E-state index in [2.05, 4.69) is 31.7 Å². The van der Waals surface area contributed by atoms with E-state index in [0.29, 0.717) is 12.5 Å². The number of nitrogens with two attached hydrogens (primary N) is 1. The summed E-state index contributed by atoms with van der Waals surface area (Å²) in [6.07, 6.45) is 0. The van der Waals surface area contributed by atoms with Gasteiger partial charge in [0.2, 0.25) is 0 Å². The molecule has 0 saturated heterocycles. The molecule has 0 aliphatic rings. The van der Waals surface area contributed by atoms with Crippen LogP contribution in [0.2, 0.25) is 5.02 Å². The quantitative estimate of drug-likeness (QED) is 0.844. The summed E-state index contributed by atoms with van der Waals surface area (Å²) >= 11 is 6.25. The minimum absolute atomic E-state index is 0.219. The van der Waals surface area contributed by atoms with Gasteiger partial charge in [0.1, 0.15) is 0 Å². The van der Waals surface area contributed by atoms with Gasteiger partial charge in [0, 0.05) is 24.2 Å². The standard InChI is InChI=1S/C14H23ClN2/c1-4-17(10-11(2)3)14(9-16)12-7-5-6-8-13(12)15/h5-8,11,14H,4,9-10,16H2,1-3H3. The summed E-state index contributed by atoms with van der Waals surface area (Å²) in [5.74, 6) is 0.631. The molecule has 2 N–H and O–H groups in total. The normalized spacial score (nSPS) is 13.4. The molecule has 2 nitrogen and oxygen atoms in total. The Morgan fingerprint density at radius 2 is 1.94 bits per heavy atom. The Kier molecular flexibility index (Phi) is 5.96. The number of benzene rings is 1. The molecule has 17 heavy (non-hydrogen) atoms. The number of hydrogen-bond donors (Lipinski definition) is 1. The van der Waals surface area contributed by atoms with Crippen LogP contribution in [0, 0.1) is 5.92 Å². The van der Waals surface area contributed by atoms with Crippen LogP contribution in [0.25, 0.3) is 0 Å². The topological polar surface area (TPSA) is 29.3 Å².